The third-order valence-corrected chi connectivity index (χ3v) is 5.91. The van der Waals surface area contributed by atoms with Crippen molar-refractivity contribution in [3.05, 3.63) is 29.8 Å². The Hall–Kier alpha value is -1.55. The molecule has 0 bridgehead atoms. The molecule has 25 heavy (non-hydrogen) atoms. The summed E-state index contributed by atoms with van der Waals surface area (Å²) < 4.78 is 0. The number of rotatable bonds is 4. The molecule has 138 valence electrons. The van der Waals surface area contributed by atoms with E-state index >= 15 is 0 Å². The van der Waals surface area contributed by atoms with Gasteiger partial charge in [-0.2, -0.15) is 0 Å². The van der Waals surface area contributed by atoms with Crippen molar-refractivity contribution in [1.82, 2.24) is 9.80 Å². The van der Waals surface area contributed by atoms with Crippen LogP contribution >= 0.6 is 0 Å². The largest absolute Gasteiger partial charge is 0.325 e. The molecule has 3 rings (SSSR count). The van der Waals surface area contributed by atoms with Gasteiger partial charge in [-0.25, -0.2) is 4.79 Å². The molecule has 1 N–H and O–H groups in total. The average Bonchev–Trinajstić information content (AvgIpc) is 2.65. The van der Waals surface area contributed by atoms with Gasteiger partial charge in [-0.3, -0.25) is 0 Å². The first-order valence-corrected chi connectivity index (χ1v) is 10.0. The molecule has 2 fully saturated rings. The summed E-state index contributed by atoms with van der Waals surface area (Å²) in [7, 11) is 0. The summed E-state index contributed by atoms with van der Waals surface area (Å²) >= 11 is 0. The summed E-state index contributed by atoms with van der Waals surface area (Å²) in [6.45, 7) is 10.0. The highest BCUT2D eigenvalue weighted by atomic mass is 16.2. The maximum absolute atomic E-state index is 12.5. The molecule has 0 aromatic heterocycles. The van der Waals surface area contributed by atoms with Gasteiger partial charge in [0.25, 0.3) is 0 Å². The van der Waals surface area contributed by atoms with Crippen molar-refractivity contribution in [1.29, 1.82) is 0 Å². The van der Waals surface area contributed by atoms with Gasteiger partial charge < -0.3 is 15.1 Å². The highest BCUT2D eigenvalue weighted by molar-refractivity contribution is 5.89. The van der Waals surface area contributed by atoms with Gasteiger partial charge in [-0.15, -0.1) is 0 Å². The Morgan fingerprint density at radius 1 is 1.04 bits per heavy atom. The number of anilines is 1. The third-order valence-electron chi connectivity index (χ3n) is 5.91. The van der Waals surface area contributed by atoms with Gasteiger partial charge in [-0.1, -0.05) is 26.0 Å². The molecule has 4 heteroatoms. The smallest absolute Gasteiger partial charge is 0.321 e. The van der Waals surface area contributed by atoms with Crippen LogP contribution in [-0.2, 0) is 6.42 Å². The number of piperidine rings is 2. The number of carbonyl (C=O) groups is 1. The molecule has 2 aliphatic heterocycles. The van der Waals surface area contributed by atoms with Gasteiger partial charge in [0.1, 0.15) is 0 Å². The van der Waals surface area contributed by atoms with E-state index in [1.54, 1.807) is 0 Å². The van der Waals surface area contributed by atoms with E-state index < -0.39 is 0 Å². The van der Waals surface area contributed by atoms with Gasteiger partial charge in [0.15, 0.2) is 0 Å². The number of carbonyl (C=O) groups excluding carboxylic acids is 1. The van der Waals surface area contributed by atoms with E-state index in [0.29, 0.717) is 0 Å². The van der Waals surface area contributed by atoms with Crippen LogP contribution in [0.1, 0.15) is 45.1 Å². The van der Waals surface area contributed by atoms with E-state index in [2.05, 4.69) is 36.2 Å². The number of benzene rings is 1. The van der Waals surface area contributed by atoms with Crippen LogP contribution in [0.3, 0.4) is 0 Å². The molecule has 2 saturated heterocycles. The lowest BCUT2D eigenvalue weighted by Gasteiger charge is -2.37. The first-order chi connectivity index (χ1) is 12.1. The standard InChI is InChI=1S/C21H33N3O/c1-3-18-4-6-20(7-5-18)22-21(25)24-14-10-19(11-15-24)16-23-12-8-17(2)9-13-23/h4-7,17,19H,3,8-16H2,1-2H3,(H,22,25). The van der Waals surface area contributed by atoms with Crippen molar-refractivity contribution in [2.45, 2.75) is 46.0 Å². The number of nitrogens with one attached hydrogen (secondary N) is 1. The zero-order chi connectivity index (χ0) is 17.6. The zero-order valence-electron chi connectivity index (χ0n) is 15.8. The predicted molar refractivity (Wildman–Crippen MR) is 104 cm³/mol. The van der Waals surface area contributed by atoms with Crippen LogP contribution in [-0.4, -0.2) is 48.6 Å². The van der Waals surface area contributed by atoms with Gasteiger partial charge >= 0.3 is 6.03 Å². The summed E-state index contributed by atoms with van der Waals surface area (Å²) in [5, 5.41) is 3.04. The Kier molecular flexibility index (Phi) is 6.35. The van der Waals surface area contributed by atoms with Gasteiger partial charge in [0, 0.05) is 25.3 Å². The molecule has 2 amide bonds. The Bertz CT molecular complexity index is 541. The molecule has 2 heterocycles. The van der Waals surface area contributed by atoms with Gasteiger partial charge in [0.05, 0.1) is 0 Å². The van der Waals surface area contributed by atoms with Crippen molar-refractivity contribution in [2.75, 3.05) is 38.0 Å². The minimum atomic E-state index is 0.0505. The number of hydrogen-bond acceptors (Lipinski definition) is 2. The monoisotopic (exact) mass is 343 g/mol. The fraction of sp³-hybridized carbons (Fsp3) is 0.667. The molecule has 2 aliphatic rings. The summed E-state index contributed by atoms with van der Waals surface area (Å²) in [6, 6.07) is 8.22. The zero-order valence-corrected chi connectivity index (χ0v) is 15.8. The highest BCUT2D eigenvalue weighted by Crippen LogP contribution is 2.23. The second-order valence-corrected chi connectivity index (χ2v) is 7.89. The topological polar surface area (TPSA) is 35.6 Å². The van der Waals surface area contributed by atoms with Gasteiger partial charge in [-0.05, 0) is 74.7 Å². The Morgan fingerprint density at radius 2 is 1.68 bits per heavy atom. The minimum Gasteiger partial charge on any atom is -0.325 e. The van der Waals surface area contributed by atoms with Crippen LogP contribution < -0.4 is 5.32 Å². The maximum Gasteiger partial charge on any atom is 0.321 e. The van der Waals surface area contributed by atoms with Crippen LogP contribution in [0.2, 0.25) is 0 Å². The predicted octanol–water partition coefficient (Wildman–Crippen LogP) is 4.22. The molecule has 0 aliphatic carbocycles. The lowest BCUT2D eigenvalue weighted by atomic mass is 9.93. The third kappa shape index (κ3) is 5.21. The van der Waals surface area contributed by atoms with Crippen molar-refractivity contribution >= 4 is 11.7 Å². The first kappa shape index (κ1) is 18.2. The summed E-state index contributed by atoms with van der Waals surface area (Å²) in [5.74, 6) is 1.65. The van der Waals surface area contributed by atoms with Crippen molar-refractivity contribution in [3.8, 4) is 0 Å². The molecule has 4 nitrogen and oxygen atoms in total. The van der Waals surface area contributed by atoms with Crippen LogP contribution in [0.5, 0.6) is 0 Å². The molecule has 1 aromatic carbocycles. The van der Waals surface area contributed by atoms with Crippen molar-refractivity contribution in [2.24, 2.45) is 11.8 Å². The molecule has 0 atom stereocenters. The minimum absolute atomic E-state index is 0.0505. The normalized spacial score (nSPS) is 20.6. The molecule has 0 saturated carbocycles. The molecular weight excluding hydrogens is 310 g/mol. The van der Waals surface area contributed by atoms with Gasteiger partial charge in [0.2, 0.25) is 0 Å². The lowest BCUT2D eigenvalue weighted by molar-refractivity contribution is 0.130. The molecular formula is C21H33N3O. The van der Waals surface area contributed by atoms with Crippen LogP contribution in [0, 0.1) is 11.8 Å². The molecule has 1 aromatic rings. The quantitative estimate of drug-likeness (QED) is 0.888. The van der Waals surface area contributed by atoms with E-state index in [4.69, 9.17) is 0 Å². The number of hydrogen-bond donors (Lipinski definition) is 1. The second kappa shape index (κ2) is 8.70. The highest BCUT2D eigenvalue weighted by Gasteiger charge is 2.25. The molecule has 0 spiro atoms. The van der Waals surface area contributed by atoms with Crippen LogP contribution in [0.25, 0.3) is 0 Å². The number of aryl methyl sites for hydroxylation is 1. The number of likely N-dealkylation sites (tertiary alicyclic amines) is 2. The molecule has 0 radical (unpaired) electrons. The van der Waals surface area contributed by atoms with Crippen LogP contribution in [0.15, 0.2) is 24.3 Å². The van der Waals surface area contributed by atoms with E-state index in [0.717, 1.165) is 49.9 Å². The second-order valence-electron chi connectivity index (χ2n) is 7.89. The lowest BCUT2D eigenvalue weighted by Crippen LogP contribution is -2.44. The SMILES string of the molecule is CCc1ccc(NC(=O)N2CCC(CN3CCC(C)CC3)CC2)cc1. The van der Waals surface area contributed by atoms with E-state index in [1.807, 2.05) is 17.0 Å². The number of urea groups is 1. The van der Waals surface area contributed by atoms with E-state index in [1.165, 1.54) is 38.0 Å². The fourth-order valence-electron chi connectivity index (χ4n) is 3.95. The molecule has 0 unspecified atom stereocenters. The van der Waals surface area contributed by atoms with E-state index in [9.17, 15) is 4.79 Å². The maximum atomic E-state index is 12.5. The van der Waals surface area contributed by atoms with Crippen LogP contribution in [0.4, 0.5) is 10.5 Å². The number of amides is 2. The average molecular weight is 344 g/mol. The number of nitrogens with zero attached hydrogens (tertiary/aromatic N) is 2. The summed E-state index contributed by atoms with van der Waals surface area (Å²) in [6.07, 6.45) is 5.98. The van der Waals surface area contributed by atoms with Crippen molar-refractivity contribution in [3.63, 3.8) is 0 Å². The summed E-state index contributed by atoms with van der Waals surface area (Å²) in [5.41, 5.74) is 2.19. The summed E-state index contributed by atoms with van der Waals surface area (Å²) in [4.78, 5) is 17.1. The van der Waals surface area contributed by atoms with E-state index in [-0.39, 0.29) is 6.03 Å². The Balaban J connectivity index is 1.41. The Morgan fingerprint density at radius 3 is 2.28 bits per heavy atom. The first-order valence-electron chi connectivity index (χ1n) is 10.0. The fourth-order valence-corrected chi connectivity index (χ4v) is 3.95. The Labute approximate surface area is 152 Å². The van der Waals surface area contributed by atoms with Crippen molar-refractivity contribution < 1.29 is 4.79 Å².